The van der Waals surface area contributed by atoms with Crippen molar-refractivity contribution in [2.75, 3.05) is 7.11 Å². The molecule has 2 bridgehead atoms. The maximum atomic E-state index is 13.0. The molecule has 3 fully saturated rings. The van der Waals surface area contributed by atoms with E-state index in [0.717, 1.165) is 5.56 Å². The molecule has 2 amide bonds. The molecule has 4 unspecified atom stereocenters. The number of ether oxygens (including phenoxy) is 2. The zero-order valence-corrected chi connectivity index (χ0v) is 15.4. The van der Waals surface area contributed by atoms with Gasteiger partial charge in [0.2, 0.25) is 11.8 Å². The number of likely N-dealkylation sites (tertiary alicyclic amines) is 1. The molecule has 6 nitrogen and oxygen atoms in total. The first-order chi connectivity index (χ1) is 11.9. The predicted octanol–water partition coefficient (Wildman–Crippen LogP) is 1.75. The van der Waals surface area contributed by atoms with E-state index in [-0.39, 0.29) is 41.2 Å². The summed E-state index contributed by atoms with van der Waals surface area (Å²) in [5, 5.41) is 0. The Morgan fingerprint density at radius 2 is 1.72 bits per heavy atom. The zero-order chi connectivity index (χ0) is 17.9. The minimum absolute atomic E-state index is 0.0733. The molecule has 2 heterocycles. The molecule has 7 heteroatoms. The number of amides is 2. The predicted molar refractivity (Wildman–Crippen MR) is 90.8 cm³/mol. The fourth-order valence-electron chi connectivity index (χ4n) is 4.33. The van der Waals surface area contributed by atoms with Gasteiger partial charge in [-0.3, -0.25) is 19.3 Å². The van der Waals surface area contributed by atoms with Gasteiger partial charge in [-0.2, -0.15) is 0 Å². The van der Waals surface area contributed by atoms with Crippen molar-refractivity contribution in [3.63, 3.8) is 0 Å². The van der Waals surface area contributed by atoms with Gasteiger partial charge >= 0.3 is 5.97 Å². The molecule has 4 rings (SSSR count). The van der Waals surface area contributed by atoms with Gasteiger partial charge in [-0.1, -0.05) is 35.0 Å². The van der Waals surface area contributed by atoms with Crippen LogP contribution in [0.3, 0.4) is 0 Å². The Balaban J connectivity index is 1.63. The molecule has 132 valence electrons. The lowest BCUT2D eigenvalue weighted by Crippen LogP contribution is -2.46. The second kappa shape index (κ2) is 5.83. The van der Waals surface area contributed by atoms with E-state index in [2.05, 4.69) is 15.9 Å². The summed E-state index contributed by atoms with van der Waals surface area (Å²) in [5.74, 6) is -1.91. The van der Waals surface area contributed by atoms with E-state index in [9.17, 15) is 14.4 Å². The van der Waals surface area contributed by atoms with Crippen molar-refractivity contribution in [2.24, 2.45) is 23.7 Å². The van der Waals surface area contributed by atoms with Gasteiger partial charge in [-0.25, -0.2) is 0 Å². The number of nitrogens with zero attached hydrogens (tertiary/aromatic N) is 1. The van der Waals surface area contributed by atoms with Gasteiger partial charge in [-0.15, -0.1) is 0 Å². The molecule has 0 aromatic heterocycles. The molecule has 2 aliphatic heterocycles. The lowest BCUT2D eigenvalue weighted by molar-refractivity contribution is -0.148. The number of hydrogen-bond donors (Lipinski definition) is 0. The zero-order valence-electron chi connectivity index (χ0n) is 13.8. The van der Waals surface area contributed by atoms with Crippen LogP contribution in [0, 0.1) is 23.7 Å². The molecule has 0 radical (unpaired) electrons. The summed E-state index contributed by atoms with van der Waals surface area (Å²) in [4.78, 5) is 39.0. The number of hydrogen-bond acceptors (Lipinski definition) is 5. The number of benzene rings is 1. The average molecular weight is 408 g/mol. The number of esters is 1. The molecule has 6 atom stereocenters. The fourth-order valence-corrected chi connectivity index (χ4v) is 5.47. The maximum absolute atomic E-state index is 13.0. The van der Waals surface area contributed by atoms with Crippen LogP contribution in [0.15, 0.2) is 24.3 Å². The van der Waals surface area contributed by atoms with E-state index >= 15 is 0 Å². The summed E-state index contributed by atoms with van der Waals surface area (Å²) >= 11 is 3.52. The van der Waals surface area contributed by atoms with Crippen LogP contribution in [0.2, 0.25) is 0 Å². The molecular weight excluding hydrogens is 390 g/mol. The largest absolute Gasteiger partial charge is 0.497 e. The number of imide groups is 1. The normalized spacial score (nSPS) is 36.4. The van der Waals surface area contributed by atoms with Crippen LogP contribution in [0.4, 0.5) is 0 Å². The van der Waals surface area contributed by atoms with Gasteiger partial charge in [0.15, 0.2) is 0 Å². The molecule has 1 aromatic carbocycles. The second-order valence-corrected chi connectivity index (χ2v) is 7.95. The molecule has 3 aliphatic rings. The van der Waals surface area contributed by atoms with Crippen molar-refractivity contribution in [1.29, 1.82) is 0 Å². The highest BCUT2D eigenvalue weighted by Crippen LogP contribution is 2.52. The van der Waals surface area contributed by atoms with Crippen LogP contribution in [-0.2, 0) is 25.7 Å². The standard InChI is InChI=1S/C18H18BrNO5/c1-8-11-12-13(14(19)15(8)25-18(11)23)17(22)20(16(12)21)7-9-3-5-10(24-2)6-4-9/h3-6,8,11-15H,7H2,1-2H3/t8?,11-,12?,13?,14?,15+/m0/s1. The Hall–Kier alpha value is -1.89. The quantitative estimate of drug-likeness (QED) is 0.433. The van der Waals surface area contributed by atoms with E-state index < -0.39 is 17.8 Å². The topological polar surface area (TPSA) is 72.9 Å². The van der Waals surface area contributed by atoms with Crippen LogP contribution in [0.25, 0.3) is 0 Å². The molecule has 1 saturated carbocycles. The lowest BCUT2D eigenvalue weighted by Gasteiger charge is -2.33. The number of carbonyl (C=O) groups is 3. The third-order valence-corrected chi connectivity index (χ3v) is 6.73. The number of methoxy groups -OCH3 is 1. The average Bonchev–Trinajstić information content (AvgIpc) is 2.97. The van der Waals surface area contributed by atoms with Crippen molar-refractivity contribution in [2.45, 2.75) is 24.4 Å². The van der Waals surface area contributed by atoms with E-state index in [0.29, 0.717) is 5.75 Å². The maximum Gasteiger partial charge on any atom is 0.310 e. The monoisotopic (exact) mass is 407 g/mol. The molecule has 1 aliphatic carbocycles. The van der Waals surface area contributed by atoms with E-state index in [1.807, 2.05) is 19.1 Å². The number of fused-ring (bicyclic) bond motifs is 4. The summed E-state index contributed by atoms with van der Waals surface area (Å²) < 4.78 is 10.5. The first-order valence-electron chi connectivity index (χ1n) is 8.26. The summed E-state index contributed by atoms with van der Waals surface area (Å²) in [6.45, 7) is 2.11. The van der Waals surface area contributed by atoms with E-state index in [1.165, 1.54) is 4.90 Å². The summed E-state index contributed by atoms with van der Waals surface area (Å²) in [6.07, 6.45) is -0.351. The van der Waals surface area contributed by atoms with Crippen LogP contribution >= 0.6 is 15.9 Å². The van der Waals surface area contributed by atoms with Gasteiger partial charge in [0, 0.05) is 5.92 Å². The molecule has 0 N–H and O–H groups in total. The molecule has 2 saturated heterocycles. The molecule has 25 heavy (non-hydrogen) atoms. The first-order valence-corrected chi connectivity index (χ1v) is 9.18. The Bertz CT molecular complexity index is 748. The minimum atomic E-state index is -0.628. The van der Waals surface area contributed by atoms with Gasteiger partial charge in [0.1, 0.15) is 11.9 Å². The van der Waals surface area contributed by atoms with Gasteiger partial charge in [0.25, 0.3) is 0 Å². The highest BCUT2D eigenvalue weighted by atomic mass is 79.9. The number of alkyl halides is 1. The first kappa shape index (κ1) is 16.6. The molecule has 0 spiro atoms. The van der Waals surface area contributed by atoms with Gasteiger partial charge in [0.05, 0.1) is 36.2 Å². The van der Waals surface area contributed by atoms with Crippen LogP contribution in [0.1, 0.15) is 12.5 Å². The van der Waals surface area contributed by atoms with Crippen LogP contribution in [0.5, 0.6) is 5.75 Å². The molecular formula is C18H18BrNO5. The SMILES string of the molecule is COc1ccc(CN2C(=O)C3C(Br)[C@@H]4OC(=O)[C@H](C3C2=O)C4C)cc1. The minimum Gasteiger partial charge on any atom is -0.497 e. The summed E-state index contributed by atoms with van der Waals surface area (Å²) in [7, 11) is 1.58. The van der Waals surface area contributed by atoms with Crippen molar-refractivity contribution in [3.8, 4) is 5.75 Å². The third kappa shape index (κ3) is 2.32. The van der Waals surface area contributed by atoms with Crippen molar-refractivity contribution in [3.05, 3.63) is 29.8 Å². The fraction of sp³-hybridized carbons (Fsp3) is 0.500. The smallest absolute Gasteiger partial charge is 0.310 e. The van der Waals surface area contributed by atoms with Crippen LogP contribution in [-0.4, -0.2) is 40.7 Å². The van der Waals surface area contributed by atoms with Crippen molar-refractivity contribution < 1.29 is 23.9 Å². The molecule has 1 aromatic rings. The Morgan fingerprint density at radius 1 is 1.08 bits per heavy atom. The van der Waals surface area contributed by atoms with Gasteiger partial charge in [-0.05, 0) is 17.7 Å². The van der Waals surface area contributed by atoms with Gasteiger partial charge < -0.3 is 9.47 Å². The van der Waals surface area contributed by atoms with Crippen LogP contribution < -0.4 is 4.74 Å². The Kier molecular flexibility index (Phi) is 3.86. The van der Waals surface area contributed by atoms with E-state index in [1.54, 1.807) is 19.2 Å². The Labute approximate surface area is 153 Å². The summed E-state index contributed by atoms with van der Waals surface area (Å²) in [6, 6.07) is 7.25. The highest BCUT2D eigenvalue weighted by Gasteiger charge is 2.66. The van der Waals surface area contributed by atoms with E-state index in [4.69, 9.17) is 9.47 Å². The summed E-state index contributed by atoms with van der Waals surface area (Å²) in [5.41, 5.74) is 0.841. The Morgan fingerprint density at radius 3 is 2.36 bits per heavy atom. The lowest BCUT2D eigenvalue weighted by atomic mass is 9.68. The van der Waals surface area contributed by atoms with Crippen molar-refractivity contribution in [1.82, 2.24) is 4.90 Å². The van der Waals surface area contributed by atoms with Crippen molar-refractivity contribution >= 4 is 33.7 Å². The third-order valence-electron chi connectivity index (χ3n) is 5.64. The second-order valence-electron chi connectivity index (χ2n) is 6.89. The number of carbonyl (C=O) groups excluding carboxylic acids is 3. The number of halogens is 1. The number of rotatable bonds is 3. The highest BCUT2D eigenvalue weighted by molar-refractivity contribution is 9.09.